The van der Waals surface area contributed by atoms with Gasteiger partial charge < -0.3 is 20.4 Å². The van der Waals surface area contributed by atoms with Gasteiger partial charge >= 0.3 is 0 Å². The molecule has 0 saturated heterocycles. The summed E-state index contributed by atoms with van der Waals surface area (Å²) in [7, 11) is 1.67. The smallest absolute Gasteiger partial charge is 0.145 e. The lowest BCUT2D eigenvalue weighted by Gasteiger charge is -2.12. The van der Waals surface area contributed by atoms with Crippen LogP contribution in [0.2, 0.25) is 0 Å². The number of benzene rings is 3. The zero-order valence-electron chi connectivity index (χ0n) is 17.4. The van der Waals surface area contributed by atoms with E-state index in [2.05, 4.69) is 75.3 Å². The van der Waals surface area contributed by atoms with Crippen LogP contribution in [0, 0.1) is 0 Å². The van der Waals surface area contributed by atoms with Crippen LogP contribution in [-0.4, -0.2) is 23.6 Å². The minimum absolute atomic E-state index is 0.774. The molecule has 0 atom stereocenters. The van der Waals surface area contributed by atoms with Crippen molar-refractivity contribution >= 4 is 38.9 Å². The molecule has 31 heavy (non-hydrogen) atoms. The third-order valence-corrected chi connectivity index (χ3v) is 5.52. The highest BCUT2D eigenvalue weighted by Crippen LogP contribution is 2.30. The molecule has 0 radical (unpaired) electrons. The molecule has 5 heteroatoms. The number of hydrogen-bond donors (Lipinski definition) is 3. The van der Waals surface area contributed by atoms with Gasteiger partial charge in [-0.15, -0.1) is 0 Å². The number of fused-ring (bicyclic) bond motifs is 2. The molecule has 5 aromatic rings. The van der Waals surface area contributed by atoms with E-state index in [1.807, 2.05) is 24.3 Å². The van der Waals surface area contributed by atoms with E-state index < -0.39 is 0 Å². The van der Waals surface area contributed by atoms with Crippen molar-refractivity contribution in [2.45, 2.75) is 6.42 Å². The van der Waals surface area contributed by atoms with Crippen molar-refractivity contribution in [3.63, 3.8) is 0 Å². The number of methoxy groups -OCH3 is 1. The van der Waals surface area contributed by atoms with Crippen molar-refractivity contribution in [1.82, 2.24) is 9.97 Å². The van der Waals surface area contributed by atoms with E-state index >= 15 is 0 Å². The molecule has 154 valence electrons. The SMILES string of the molecule is COc1cccc2c(Nc3ccc(NCCc4c[nH]c5ccccc45)cc3)ccnc12. The molecule has 0 aliphatic heterocycles. The van der Waals surface area contributed by atoms with Crippen LogP contribution in [0.15, 0.2) is 85.2 Å². The number of pyridine rings is 1. The number of aromatic amines is 1. The first-order valence-corrected chi connectivity index (χ1v) is 10.4. The first-order valence-electron chi connectivity index (χ1n) is 10.4. The minimum Gasteiger partial charge on any atom is -0.494 e. The molecule has 3 aromatic carbocycles. The molecule has 5 nitrogen and oxygen atoms in total. The summed E-state index contributed by atoms with van der Waals surface area (Å²) in [6.45, 7) is 0.878. The largest absolute Gasteiger partial charge is 0.494 e. The Morgan fingerprint density at radius 2 is 1.68 bits per heavy atom. The average molecular weight is 409 g/mol. The van der Waals surface area contributed by atoms with Gasteiger partial charge in [0.1, 0.15) is 11.3 Å². The number of rotatable bonds is 7. The Labute approximate surface area is 181 Å². The Balaban J connectivity index is 1.25. The van der Waals surface area contributed by atoms with Crippen LogP contribution in [0.1, 0.15) is 5.56 Å². The lowest BCUT2D eigenvalue weighted by Crippen LogP contribution is -2.04. The summed E-state index contributed by atoms with van der Waals surface area (Å²) in [5.74, 6) is 0.774. The van der Waals surface area contributed by atoms with Crippen molar-refractivity contribution in [1.29, 1.82) is 0 Å². The first-order chi connectivity index (χ1) is 15.3. The fourth-order valence-corrected chi connectivity index (χ4v) is 3.93. The molecule has 3 N–H and O–H groups in total. The van der Waals surface area contributed by atoms with E-state index in [1.54, 1.807) is 13.3 Å². The van der Waals surface area contributed by atoms with E-state index in [1.165, 1.54) is 16.5 Å². The summed E-state index contributed by atoms with van der Waals surface area (Å²) in [5, 5.41) is 9.34. The van der Waals surface area contributed by atoms with Gasteiger partial charge in [0.05, 0.1) is 7.11 Å². The summed E-state index contributed by atoms with van der Waals surface area (Å²) in [4.78, 5) is 7.80. The third-order valence-electron chi connectivity index (χ3n) is 5.52. The summed E-state index contributed by atoms with van der Waals surface area (Å²) in [6.07, 6.45) is 4.87. The van der Waals surface area contributed by atoms with E-state index in [9.17, 15) is 0 Å². The van der Waals surface area contributed by atoms with Crippen LogP contribution < -0.4 is 15.4 Å². The van der Waals surface area contributed by atoms with Crippen molar-refractivity contribution in [2.24, 2.45) is 0 Å². The molecule has 0 amide bonds. The van der Waals surface area contributed by atoms with Gasteiger partial charge in [-0.05, 0) is 54.4 Å². The highest BCUT2D eigenvalue weighted by molar-refractivity contribution is 5.96. The maximum Gasteiger partial charge on any atom is 0.145 e. The van der Waals surface area contributed by atoms with Gasteiger partial charge in [0.15, 0.2) is 0 Å². The summed E-state index contributed by atoms with van der Waals surface area (Å²) in [5.41, 5.74) is 6.51. The number of hydrogen-bond acceptors (Lipinski definition) is 4. The number of ether oxygens (including phenoxy) is 1. The van der Waals surface area contributed by atoms with E-state index in [0.29, 0.717) is 0 Å². The molecule has 2 heterocycles. The van der Waals surface area contributed by atoms with E-state index in [-0.39, 0.29) is 0 Å². The van der Waals surface area contributed by atoms with Crippen LogP contribution >= 0.6 is 0 Å². The van der Waals surface area contributed by atoms with Crippen molar-refractivity contribution < 1.29 is 4.74 Å². The highest BCUT2D eigenvalue weighted by atomic mass is 16.5. The van der Waals surface area contributed by atoms with Gasteiger partial charge in [0.2, 0.25) is 0 Å². The molecule has 0 spiro atoms. The number of anilines is 3. The van der Waals surface area contributed by atoms with E-state index in [0.717, 1.165) is 46.7 Å². The zero-order chi connectivity index (χ0) is 21.0. The lowest BCUT2D eigenvalue weighted by atomic mass is 10.1. The Kier molecular flexibility index (Phi) is 5.15. The number of nitrogens with zero attached hydrogens (tertiary/aromatic N) is 1. The number of aromatic nitrogens is 2. The Morgan fingerprint density at radius 1 is 0.871 bits per heavy atom. The lowest BCUT2D eigenvalue weighted by molar-refractivity contribution is 0.419. The molecule has 2 aromatic heterocycles. The molecule has 0 aliphatic carbocycles. The van der Waals surface area contributed by atoms with E-state index in [4.69, 9.17) is 4.74 Å². The highest BCUT2D eigenvalue weighted by Gasteiger charge is 2.07. The molecular formula is C26H24N4O. The molecule has 0 bridgehead atoms. The second-order valence-electron chi connectivity index (χ2n) is 7.45. The Hall–Kier alpha value is -3.99. The normalized spacial score (nSPS) is 11.0. The van der Waals surface area contributed by atoms with Gasteiger partial charge in [-0.3, -0.25) is 4.98 Å². The summed E-state index contributed by atoms with van der Waals surface area (Å²) in [6, 6.07) is 24.7. The predicted octanol–water partition coefficient (Wildman–Crippen LogP) is 6.12. The second-order valence-corrected chi connectivity index (χ2v) is 7.45. The van der Waals surface area contributed by atoms with Gasteiger partial charge in [0.25, 0.3) is 0 Å². The number of para-hydroxylation sites is 2. The zero-order valence-corrected chi connectivity index (χ0v) is 17.4. The Bertz CT molecular complexity index is 1320. The molecule has 0 saturated carbocycles. The van der Waals surface area contributed by atoms with Gasteiger partial charge in [0, 0.05) is 52.3 Å². The molecule has 5 rings (SSSR count). The molecular weight excluding hydrogens is 384 g/mol. The number of nitrogens with one attached hydrogen (secondary N) is 3. The monoisotopic (exact) mass is 408 g/mol. The summed E-state index contributed by atoms with van der Waals surface area (Å²) < 4.78 is 5.44. The topological polar surface area (TPSA) is 62.0 Å². The molecule has 0 unspecified atom stereocenters. The third kappa shape index (κ3) is 3.90. The van der Waals surface area contributed by atoms with Crippen LogP contribution in [0.3, 0.4) is 0 Å². The quantitative estimate of drug-likeness (QED) is 0.303. The molecule has 0 fully saturated rings. The van der Waals surface area contributed by atoms with Crippen LogP contribution in [0.5, 0.6) is 5.75 Å². The predicted molar refractivity (Wildman–Crippen MR) is 129 cm³/mol. The van der Waals surface area contributed by atoms with Crippen LogP contribution in [0.4, 0.5) is 17.1 Å². The van der Waals surface area contributed by atoms with Crippen LogP contribution in [0.25, 0.3) is 21.8 Å². The average Bonchev–Trinajstić information content (AvgIpc) is 3.23. The summed E-state index contributed by atoms with van der Waals surface area (Å²) >= 11 is 0. The van der Waals surface area contributed by atoms with Gasteiger partial charge in [-0.25, -0.2) is 0 Å². The van der Waals surface area contributed by atoms with Gasteiger partial charge in [-0.2, -0.15) is 0 Å². The second kappa shape index (κ2) is 8.40. The fraction of sp³-hybridized carbons (Fsp3) is 0.115. The Morgan fingerprint density at radius 3 is 2.55 bits per heavy atom. The molecule has 0 aliphatic rings. The standard InChI is InChI=1S/C26H24N4O/c1-31-25-8-4-6-22-24(14-16-28-26(22)25)30-20-11-9-19(10-12-20)27-15-13-18-17-29-23-7-3-2-5-21(18)23/h2-12,14,16-17,27,29H,13,15H2,1H3,(H,28,30). The van der Waals surface area contributed by atoms with Crippen LogP contribution in [-0.2, 0) is 6.42 Å². The van der Waals surface area contributed by atoms with Crippen molar-refractivity contribution in [2.75, 3.05) is 24.3 Å². The number of H-pyrrole nitrogens is 1. The minimum atomic E-state index is 0.774. The van der Waals surface area contributed by atoms with Gasteiger partial charge in [-0.1, -0.05) is 30.3 Å². The maximum atomic E-state index is 5.44. The van der Waals surface area contributed by atoms with Crippen molar-refractivity contribution in [3.05, 3.63) is 90.8 Å². The fourth-order valence-electron chi connectivity index (χ4n) is 3.93. The van der Waals surface area contributed by atoms with Crippen molar-refractivity contribution in [3.8, 4) is 5.75 Å². The first kappa shape index (κ1) is 19.0. The maximum absolute atomic E-state index is 5.44.